The first-order chi connectivity index (χ1) is 12.6. The monoisotopic (exact) mass is 362 g/mol. The van der Waals surface area contributed by atoms with Gasteiger partial charge >= 0.3 is 0 Å². The Balaban J connectivity index is 1.94. The molecule has 2 unspecified atom stereocenters. The van der Waals surface area contributed by atoms with Gasteiger partial charge in [0.15, 0.2) is 0 Å². The summed E-state index contributed by atoms with van der Waals surface area (Å²) in [6.45, 7) is 1.90. The summed E-state index contributed by atoms with van der Waals surface area (Å²) in [7, 11) is 0. The van der Waals surface area contributed by atoms with Gasteiger partial charge < -0.3 is 5.32 Å². The number of nitrogens with zero attached hydrogens (tertiary/aromatic N) is 3. The average molecular weight is 363 g/mol. The molecule has 4 rings (SSSR count). The first-order valence-electron chi connectivity index (χ1n) is 8.21. The summed E-state index contributed by atoms with van der Waals surface area (Å²) in [5.74, 6) is -0.920. The molecule has 128 valence electrons. The van der Waals surface area contributed by atoms with E-state index < -0.39 is 11.8 Å². The number of nitrogens with one attached hydrogen (secondary N) is 1. The predicted octanol–water partition coefficient (Wildman–Crippen LogP) is 4.06. The molecule has 1 aliphatic heterocycles. The smallest absolute Gasteiger partial charge is 0.243 e. The van der Waals surface area contributed by atoms with Crippen LogP contribution < -0.4 is 5.32 Å². The van der Waals surface area contributed by atoms with Gasteiger partial charge in [0, 0.05) is 16.5 Å². The van der Waals surface area contributed by atoms with E-state index in [0.29, 0.717) is 10.8 Å². The molecule has 0 saturated heterocycles. The highest BCUT2D eigenvalue weighted by atomic mass is 35.5. The van der Waals surface area contributed by atoms with Crippen molar-refractivity contribution in [1.82, 2.24) is 9.78 Å². The van der Waals surface area contributed by atoms with Gasteiger partial charge in [-0.25, -0.2) is 4.68 Å². The molecule has 0 fully saturated rings. The van der Waals surface area contributed by atoms with Crippen LogP contribution in [0.1, 0.15) is 22.7 Å². The summed E-state index contributed by atoms with van der Waals surface area (Å²) in [4.78, 5) is 12.6. The first-order valence-corrected chi connectivity index (χ1v) is 8.59. The van der Waals surface area contributed by atoms with E-state index in [9.17, 15) is 10.1 Å². The van der Waals surface area contributed by atoms with Crippen molar-refractivity contribution in [2.24, 2.45) is 5.92 Å². The molecule has 2 aromatic carbocycles. The van der Waals surface area contributed by atoms with Crippen molar-refractivity contribution >= 4 is 23.3 Å². The molecular formula is C20H15ClN4O. The van der Waals surface area contributed by atoms with Crippen LogP contribution in [0.2, 0.25) is 5.02 Å². The van der Waals surface area contributed by atoms with Gasteiger partial charge in [-0.2, -0.15) is 10.4 Å². The summed E-state index contributed by atoms with van der Waals surface area (Å²) in [5, 5.41) is 17.7. The van der Waals surface area contributed by atoms with Crippen molar-refractivity contribution < 1.29 is 4.79 Å². The van der Waals surface area contributed by atoms with Gasteiger partial charge in [0.05, 0.1) is 17.5 Å². The number of benzene rings is 2. The van der Waals surface area contributed by atoms with Gasteiger partial charge in [0.1, 0.15) is 11.7 Å². The second kappa shape index (κ2) is 6.32. The van der Waals surface area contributed by atoms with E-state index >= 15 is 0 Å². The zero-order valence-electron chi connectivity index (χ0n) is 14.0. The number of hydrogen-bond donors (Lipinski definition) is 1. The van der Waals surface area contributed by atoms with Crippen LogP contribution in [-0.4, -0.2) is 15.7 Å². The fourth-order valence-corrected chi connectivity index (χ4v) is 3.59. The van der Waals surface area contributed by atoms with Crippen molar-refractivity contribution in [1.29, 1.82) is 5.26 Å². The maximum absolute atomic E-state index is 12.6. The molecule has 0 radical (unpaired) electrons. The van der Waals surface area contributed by atoms with Gasteiger partial charge in [-0.1, -0.05) is 41.9 Å². The number of fused-ring (bicyclic) bond motifs is 1. The molecule has 0 aliphatic carbocycles. The number of amides is 1. The molecule has 1 amide bonds. The highest BCUT2D eigenvalue weighted by molar-refractivity contribution is 6.30. The van der Waals surface area contributed by atoms with E-state index in [1.54, 1.807) is 16.8 Å². The Morgan fingerprint density at radius 2 is 1.85 bits per heavy atom. The summed E-state index contributed by atoms with van der Waals surface area (Å²) in [6.07, 6.45) is 0. The number of halogens is 1. The average Bonchev–Trinajstić information content (AvgIpc) is 2.98. The van der Waals surface area contributed by atoms with E-state index in [0.717, 1.165) is 22.5 Å². The van der Waals surface area contributed by atoms with Crippen LogP contribution in [0.5, 0.6) is 0 Å². The number of aryl methyl sites for hydroxylation is 1. The molecule has 26 heavy (non-hydrogen) atoms. The fraction of sp³-hybridized carbons (Fsp3) is 0.150. The molecule has 2 heterocycles. The Labute approximate surface area is 155 Å². The lowest BCUT2D eigenvalue weighted by atomic mass is 9.78. The van der Waals surface area contributed by atoms with Gasteiger partial charge in [-0.05, 0) is 36.8 Å². The van der Waals surface area contributed by atoms with Crippen LogP contribution in [0, 0.1) is 24.2 Å². The molecular weight excluding hydrogens is 348 g/mol. The normalized spacial score (nSPS) is 18.7. The second-order valence-corrected chi connectivity index (χ2v) is 6.66. The Morgan fingerprint density at radius 3 is 2.50 bits per heavy atom. The summed E-state index contributed by atoms with van der Waals surface area (Å²) >= 11 is 6.00. The first kappa shape index (κ1) is 16.4. The number of anilines is 1. The number of aromatic nitrogens is 2. The quantitative estimate of drug-likeness (QED) is 0.747. The van der Waals surface area contributed by atoms with E-state index in [1.165, 1.54) is 0 Å². The largest absolute Gasteiger partial charge is 0.309 e. The molecule has 1 aromatic heterocycles. The van der Waals surface area contributed by atoms with Crippen molar-refractivity contribution in [3.63, 3.8) is 0 Å². The SMILES string of the molecule is Cc1nn(-c2ccccc2)c2c1C(c1ccc(Cl)cc1)C(C#N)C(=O)N2. The summed E-state index contributed by atoms with van der Waals surface area (Å²) in [6, 6.07) is 19.0. The molecule has 0 saturated carbocycles. The molecule has 2 atom stereocenters. The van der Waals surface area contributed by atoms with E-state index in [2.05, 4.69) is 16.5 Å². The number of carbonyl (C=O) groups is 1. The molecule has 3 aromatic rings. The minimum absolute atomic E-state index is 0.322. The zero-order chi connectivity index (χ0) is 18.3. The number of hydrogen-bond acceptors (Lipinski definition) is 3. The van der Waals surface area contributed by atoms with Crippen LogP contribution >= 0.6 is 11.6 Å². The maximum Gasteiger partial charge on any atom is 0.243 e. The Kier molecular flexibility index (Phi) is 3.98. The highest BCUT2D eigenvalue weighted by Crippen LogP contribution is 2.43. The van der Waals surface area contributed by atoms with Crippen molar-refractivity contribution in [2.75, 3.05) is 5.32 Å². The van der Waals surface area contributed by atoms with Crippen molar-refractivity contribution in [3.05, 3.63) is 76.4 Å². The molecule has 0 spiro atoms. The second-order valence-electron chi connectivity index (χ2n) is 6.22. The van der Waals surface area contributed by atoms with Crippen molar-refractivity contribution in [2.45, 2.75) is 12.8 Å². The van der Waals surface area contributed by atoms with E-state index in [-0.39, 0.29) is 5.91 Å². The standard InChI is InChI=1S/C20H15ClN4O/c1-12-17-18(13-7-9-14(21)10-8-13)16(11-22)20(26)23-19(17)25(24-12)15-5-3-2-4-6-15/h2-10,16,18H,1H3,(H,23,26). The molecule has 0 bridgehead atoms. The molecule has 1 aliphatic rings. The topological polar surface area (TPSA) is 70.7 Å². The van der Waals surface area contributed by atoms with E-state index in [4.69, 9.17) is 11.6 Å². The van der Waals surface area contributed by atoms with Gasteiger partial charge in [-0.3, -0.25) is 4.79 Å². The van der Waals surface area contributed by atoms with Gasteiger partial charge in [0.25, 0.3) is 0 Å². The van der Waals surface area contributed by atoms with Gasteiger partial charge in [0.2, 0.25) is 5.91 Å². The zero-order valence-corrected chi connectivity index (χ0v) is 14.7. The Morgan fingerprint density at radius 1 is 1.15 bits per heavy atom. The number of carbonyl (C=O) groups excluding carboxylic acids is 1. The number of para-hydroxylation sites is 1. The van der Waals surface area contributed by atoms with Crippen LogP contribution in [0.15, 0.2) is 54.6 Å². The highest BCUT2D eigenvalue weighted by Gasteiger charge is 2.41. The van der Waals surface area contributed by atoms with Crippen LogP contribution in [-0.2, 0) is 4.79 Å². The fourth-order valence-electron chi connectivity index (χ4n) is 3.46. The number of rotatable bonds is 2. The third kappa shape index (κ3) is 2.56. The number of nitriles is 1. The summed E-state index contributed by atoms with van der Waals surface area (Å²) < 4.78 is 1.72. The molecule has 1 N–H and O–H groups in total. The summed E-state index contributed by atoms with van der Waals surface area (Å²) in [5.41, 5.74) is 3.36. The van der Waals surface area contributed by atoms with Crippen molar-refractivity contribution in [3.8, 4) is 11.8 Å². The third-order valence-corrected chi connectivity index (χ3v) is 4.90. The minimum atomic E-state index is -0.823. The van der Waals surface area contributed by atoms with E-state index in [1.807, 2.05) is 49.4 Å². The lowest BCUT2D eigenvalue weighted by Gasteiger charge is -2.28. The third-order valence-electron chi connectivity index (χ3n) is 4.64. The van der Waals surface area contributed by atoms with Crippen LogP contribution in [0.25, 0.3) is 5.69 Å². The Hall–Kier alpha value is -3.10. The maximum atomic E-state index is 12.6. The minimum Gasteiger partial charge on any atom is -0.309 e. The van der Waals surface area contributed by atoms with Crippen LogP contribution in [0.4, 0.5) is 5.82 Å². The van der Waals surface area contributed by atoms with Gasteiger partial charge in [-0.15, -0.1) is 0 Å². The predicted molar refractivity (Wildman–Crippen MR) is 99.3 cm³/mol. The lowest BCUT2D eigenvalue weighted by molar-refractivity contribution is -0.119. The lowest BCUT2D eigenvalue weighted by Crippen LogP contribution is -2.34. The molecule has 6 heteroatoms. The Bertz CT molecular complexity index is 1020. The molecule has 5 nitrogen and oxygen atoms in total. The van der Waals surface area contributed by atoms with Crippen LogP contribution in [0.3, 0.4) is 0 Å².